The van der Waals surface area contributed by atoms with Gasteiger partial charge in [0.25, 0.3) is 0 Å². The topological polar surface area (TPSA) is 15.6 Å². The molecule has 1 aliphatic heterocycles. The van der Waals surface area contributed by atoms with Gasteiger partial charge in [-0.3, -0.25) is 4.99 Å². The molecule has 118 valence electrons. The minimum absolute atomic E-state index is 0.404. The van der Waals surface area contributed by atoms with Gasteiger partial charge in [0.1, 0.15) is 6.17 Å². The van der Waals surface area contributed by atoms with Gasteiger partial charge in [0.2, 0.25) is 0 Å². The largest absolute Gasteiger partial charge is 0.359 e. The average Bonchev–Trinajstić information content (AvgIpc) is 2.48. The van der Waals surface area contributed by atoms with Crippen molar-refractivity contribution in [1.29, 1.82) is 0 Å². The Morgan fingerprint density at radius 3 is 2.00 bits per heavy atom. The van der Waals surface area contributed by atoms with Gasteiger partial charge < -0.3 is 4.90 Å². The van der Waals surface area contributed by atoms with Gasteiger partial charge in [0.05, 0.1) is 0 Å². The quantitative estimate of drug-likeness (QED) is 0.708. The summed E-state index contributed by atoms with van der Waals surface area (Å²) in [5, 5.41) is 0. The molecule has 0 amide bonds. The van der Waals surface area contributed by atoms with E-state index in [4.69, 9.17) is 4.99 Å². The lowest BCUT2D eigenvalue weighted by atomic mass is 9.69. The van der Waals surface area contributed by atoms with Gasteiger partial charge in [-0.15, -0.1) is 0 Å². The predicted octanol–water partition coefficient (Wildman–Crippen LogP) is 4.87. The second-order valence-corrected chi connectivity index (χ2v) is 7.93. The van der Waals surface area contributed by atoms with E-state index in [1.807, 2.05) is 0 Å². The molecule has 2 aliphatic carbocycles. The van der Waals surface area contributed by atoms with E-state index in [1.54, 1.807) is 0 Å². The van der Waals surface area contributed by atoms with Gasteiger partial charge in [0, 0.05) is 19.5 Å². The number of hydrogen-bond acceptors (Lipinski definition) is 2. The minimum Gasteiger partial charge on any atom is -0.359 e. The lowest BCUT2D eigenvalue weighted by Gasteiger charge is -2.41. The van der Waals surface area contributed by atoms with Gasteiger partial charge in [-0.25, -0.2) is 0 Å². The van der Waals surface area contributed by atoms with E-state index in [2.05, 4.69) is 38.2 Å². The second-order valence-electron chi connectivity index (χ2n) is 7.93. The van der Waals surface area contributed by atoms with Crippen LogP contribution in [0.15, 0.2) is 16.8 Å². The van der Waals surface area contributed by atoms with Gasteiger partial charge >= 0.3 is 0 Å². The molecular formula is C19H32N2. The van der Waals surface area contributed by atoms with Gasteiger partial charge in [-0.05, 0) is 74.7 Å². The maximum atomic E-state index is 4.80. The van der Waals surface area contributed by atoms with Crippen molar-refractivity contribution in [2.45, 2.75) is 71.4 Å². The van der Waals surface area contributed by atoms with Crippen LogP contribution in [0.25, 0.3) is 0 Å². The van der Waals surface area contributed by atoms with Crippen molar-refractivity contribution in [3.63, 3.8) is 0 Å². The Kier molecular flexibility index (Phi) is 4.71. The van der Waals surface area contributed by atoms with Gasteiger partial charge in [-0.1, -0.05) is 19.8 Å². The van der Waals surface area contributed by atoms with Crippen LogP contribution in [-0.2, 0) is 0 Å². The Balaban J connectivity index is 1.50. The van der Waals surface area contributed by atoms with E-state index < -0.39 is 0 Å². The smallest absolute Gasteiger partial charge is 0.123 e. The molecule has 0 N–H and O–H groups in total. The number of allylic oxidation sites excluding steroid dienone is 1. The van der Waals surface area contributed by atoms with Gasteiger partial charge in [0.15, 0.2) is 0 Å². The summed E-state index contributed by atoms with van der Waals surface area (Å²) in [5.74, 6) is 3.81. The third-order valence-corrected chi connectivity index (χ3v) is 6.22. The molecule has 3 rings (SSSR count). The molecule has 2 heteroatoms. The Hall–Kier alpha value is -0.790. The molecule has 3 aliphatic rings. The molecule has 0 spiro atoms. The Labute approximate surface area is 130 Å². The van der Waals surface area contributed by atoms with Crippen molar-refractivity contribution >= 4 is 6.21 Å². The SMILES string of the molecule is CC1=CN(C)C(C2CCC(C3CCC(C)CC3)CC2)N=C1. The molecule has 2 fully saturated rings. The lowest BCUT2D eigenvalue weighted by Crippen LogP contribution is -2.38. The Morgan fingerprint density at radius 1 is 0.905 bits per heavy atom. The zero-order valence-corrected chi connectivity index (χ0v) is 14.1. The van der Waals surface area contributed by atoms with E-state index in [1.165, 1.54) is 56.9 Å². The standard InChI is InChI=1S/C19H32N2/c1-14-4-6-16(7-5-14)17-8-10-18(11-9-17)19-20-12-15(2)13-21(19)3/h12-14,16-19H,4-11H2,1-3H3. The van der Waals surface area contributed by atoms with Crippen molar-refractivity contribution in [1.82, 2.24) is 4.90 Å². The first-order chi connectivity index (χ1) is 10.1. The van der Waals surface area contributed by atoms with Crippen LogP contribution in [-0.4, -0.2) is 24.3 Å². The summed E-state index contributed by atoms with van der Waals surface area (Å²) in [6.45, 7) is 4.57. The van der Waals surface area contributed by atoms with E-state index >= 15 is 0 Å². The lowest BCUT2D eigenvalue weighted by molar-refractivity contribution is 0.116. The fourth-order valence-electron chi connectivity index (χ4n) is 4.86. The maximum Gasteiger partial charge on any atom is 0.123 e. The van der Waals surface area contributed by atoms with Crippen LogP contribution in [0.5, 0.6) is 0 Å². The van der Waals surface area contributed by atoms with E-state index in [9.17, 15) is 0 Å². The van der Waals surface area contributed by atoms with Crippen LogP contribution in [0, 0.1) is 23.7 Å². The van der Waals surface area contributed by atoms with Crippen molar-refractivity contribution in [2.24, 2.45) is 28.7 Å². The summed E-state index contributed by atoms with van der Waals surface area (Å²) in [6, 6.07) is 0. The highest BCUT2D eigenvalue weighted by molar-refractivity contribution is 5.78. The normalized spacial score (nSPS) is 41.0. The molecule has 1 heterocycles. The highest BCUT2D eigenvalue weighted by atomic mass is 15.2. The number of nitrogens with zero attached hydrogens (tertiary/aromatic N) is 2. The highest BCUT2D eigenvalue weighted by Crippen LogP contribution is 2.42. The van der Waals surface area contributed by atoms with Crippen LogP contribution in [0.4, 0.5) is 0 Å². The highest BCUT2D eigenvalue weighted by Gasteiger charge is 2.33. The summed E-state index contributed by atoms with van der Waals surface area (Å²) in [4.78, 5) is 7.13. The van der Waals surface area contributed by atoms with Crippen molar-refractivity contribution in [3.8, 4) is 0 Å². The molecule has 1 atom stereocenters. The minimum atomic E-state index is 0.404. The van der Waals surface area contributed by atoms with Crippen LogP contribution in [0.2, 0.25) is 0 Å². The summed E-state index contributed by atoms with van der Waals surface area (Å²) in [5.41, 5.74) is 1.28. The van der Waals surface area contributed by atoms with Crippen LogP contribution < -0.4 is 0 Å². The molecule has 21 heavy (non-hydrogen) atoms. The van der Waals surface area contributed by atoms with Crippen molar-refractivity contribution < 1.29 is 0 Å². The molecule has 0 radical (unpaired) electrons. The second kappa shape index (κ2) is 6.54. The Bertz CT molecular complexity index is 396. The van der Waals surface area contributed by atoms with Crippen molar-refractivity contribution in [3.05, 3.63) is 11.8 Å². The molecule has 0 saturated heterocycles. The maximum absolute atomic E-state index is 4.80. The van der Waals surface area contributed by atoms with E-state index in [-0.39, 0.29) is 0 Å². The van der Waals surface area contributed by atoms with E-state index in [0.29, 0.717) is 6.17 Å². The van der Waals surface area contributed by atoms with Gasteiger partial charge in [-0.2, -0.15) is 0 Å². The molecule has 0 bridgehead atoms. The molecule has 2 saturated carbocycles. The molecule has 0 aromatic carbocycles. The third-order valence-electron chi connectivity index (χ3n) is 6.22. The third kappa shape index (κ3) is 3.52. The fourth-order valence-corrected chi connectivity index (χ4v) is 4.86. The average molecular weight is 288 g/mol. The molecular weight excluding hydrogens is 256 g/mol. The predicted molar refractivity (Wildman–Crippen MR) is 90.4 cm³/mol. The summed E-state index contributed by atoms with van der Waals surface area (Å²) < 4.78 is 0. The number of aliphatic imine (C=N–C) groups is 1. The molecule has 0 aromatic heterocycles. The molecule has 1 unspecified atom stereocenters. The summed E-state index contributed by atoms with van der Waals surface area (Å²) in [6.07, 6.45) is 16.4. The first kappa shape index (κ1) is 15.1. The monoisotopic (exact) mass is 288 g/mol. The van der Waals surface area contributed by atoms with Crippen LogP contribution >= 0.6 is 0 Å². The van der Waals surface area contributed by atoms with Crippen LogP contribution in [0.3, 0.4) is 0 Å². The summed E-state index contributed by atoms with van der Waals surface area (Å²) >= 11 is 0. The number of rotatable bonds is 2. The Morgan fingerprint density at radius 2 is 1.43 bits per heavy atom. The van der Waals surface area contributed by atoms with Crippen LogP contribution in [0.1, 0.15) is 65.2 Å². The first-order valence-electron chi connectivity index (χ1n) is 9.07. The van der Waals surface area contributed by atoms with Crippen molar-refractivity contribution in [2.75, 3.05) is 7.05 Å². The van der Waals surface area contributed by atoms with E-state index in [0.717, 1.165) is 23.7 Å². The number of hydrogen-bond donors (Lipinski definition) is 0. The first-order valence-corrected chi connectivity index (χ1v) is 9.07. The zero-order chi connectivity index (χ0) is 14.8. The summed E-state index contributed by atoms with van der Waals surface area (Å²) in [7, 11) is 2.19. The zero-order valence-electron chi connectivity index (χ0n) is 14.1. The molecule has 2 nitrogen and oxygen atoms in total. The fraction of sp³-hybridized carbons (Fsp3) is 0.842. The molecule has 0 aromatic rings.